The highest BCUT2D eigenvalue weighted by atomic mass is 16.6. The molecule has 0 aliphatic carbocycles. The van der Waals surface area contributed by atoms with Crippen LogP contribution in [0.4, 0.5) is 5.69 Å². The number of carbonyl (C=O) groups is 1. The molecule has 0 unspecified atom stereocenters. The van der Waals surface area contributed by atoms with Gasteiger partial charge < -0.3 is 4.90 Å². The lowest BCUT2D eigenvalue weighted by Gasteiger charge is -2.11. The van der Waals surface area contributed by atoms with Crippen LogP contribution in [0.25, 0.3) is 10.9 Å². The van der Waals surface area contributed by atoms with Gasteiger partial charge in [0.15, 0.2) is 0 Å². The fraction of sp³-hybridized carbons (Fsp3) is 0.231. The fourth-order valence-electron chi connectivity index (χ4n) is 1.84. The predicted molar refractivity (Wildman–Crippen MR) is 70.8 cm³/mol. The monoisotopic (exact) mass is 259 g/mol. The first-order valence-corrected chi connectivity index (χ1v) is 5.72. The van der Waals surface area contributed by atoms with Crippen LogP contribution in [0.1, 0.15) is 5.56 Å². The molecule has 0 spiro atoms. The zero-order chi connectivity index (χ0) is 14.0. The second-order valence-corrected chi connectivity index (χ2v) is 4.37. The van der Waals surface area contributed by atoms with Crippen LogP contribution < -0.4 is 0 Å². The number of amides is 1. The van der Waals surface area contributed by atoms with Gasteiger partial charge in [-0.25, -0.2) is 4.98 Å². The Kier molecular flexibility index (Phi) is 3.41. The number of nitro groups is 1. The van der Waals surface area contributed by atoms with Gasteiger partial charge in [0.05, 0.1) is 11.3 Å². The van der Waals surface area contributed by atoms with E-state index in [1.165, 1.54) is 17.2 Å². The zero-order valence-corrected chi connectivity index (χ0v) is 10.7. The number of nitro benzene ring substituents is 1. The lowest BCUT2D eigenvalue weighted by Crippen LogP contribution is -2.23. The molecule has 19 heavy (non-hydrogen) atoms. The van der Waals surface area contributed by atoms with Crippen LogP contribution in [0.3, 0.4) is 0 Å². The summed E-state index contributed by atoms with van der Waals surface area (Å²) < 4.78 is 0. The van der Waals surface area contributed by atoms with Gasteiger partial charge in [-0.05, 0) is 11.6 Å². The minimum atomic E-state index is -0.465. The number of benzene rings is 1. The van der Waals surface area contributed by atoms with Gasteiger partial charge in [0.2, 0.25) is 5.91 Å². The van der Waals surface area contributed by atoms with Crippen molar-refractivity contribution in [2.24, 2.45) is 0 Å². The summed E-state index contributed by atoms with van der Waals surface area (Å²) in [6.45, 7) is 0. The number of hydrogen-bond donors (Lipinski definition) is 0. The van der Waals surface area contributed by atoms with Gasteiger partial charge in [-0.2, -0.15) is 0 Å². The van der Waals surface area contributed by atoms with Crippen LogP contribution >= 0.6 is 0 Å². The molecule has 1 heterocycles. The van der Waals surface area contributed by atoms with Crippen molar-refractivity contribution in [1.29, 1.82) is 0 Å². The normalized spacial score (nSPS) is 10.4. The third-order valence-electron chi connectivity index (χ3n) is 2.88. The van der Waals surface area contributed by atoms with E-state index in [4.69, 9.17) is 0 Å². The van der Waals surface area contributed by atoms with Crippen molar-refractivity contribution in [1.82, 2.24) is 9.88 Å². The summed E-state index contributed by atoms with van der Waals surface area (Å²) in [6, 6.07) is 6.46. The molecule has 1 aromatic heterocycles. The van der Waals surface area contributed by atoms with Crippen LogP contribution in [0, 0.1) is 10.1 Å². The number of aromatic nitrogens is 1. The lowest BCUT2D eigenvalue weighted by molar-refractivity contribution is -0.383. The number of fused-ring (bicyclic) bond motifs is 1. The molecule has 0 radical (unpaired) electrons. The molecular formula is C13H13N3O3. The summed E-state index contributed by atoms with van der Waals surface area (Å²) >= 11 is 0. The fourth-order valence-corrected chi connectivity index (χ4v) is 1.84. The molecule has 0 aliphatic rings. The van der Waals surface area contributed by atoms with Gasteiger partial charge in [0, 0.05) is 31.7 Å². The molecule has 98 valence electrons. The maximum Gasteiger partial charge on any atom is 0.295 e. The molecule has 0 fully saturated rings. The molecule has 1 aromatic carbocycles. The summed E-state index contributed by atoms with van der Waals surface area (Å²) in [5.74, 6) is -0.0565. The van der Waals surface area contributed by atoms with Gasteiger partial charge in [0.1, 0.15) is 5.52 Å². The van der Waals surface area contributed by atoms with Crippen molar-refractivity contribution in [3.63, 3.8) is 0 Å². The number of hydrogen-bond acceptors (Lipinski definition) is 4. The largest absolute Gasteiger partial charge is 0.349 e. The Morgan fingerprint density at radius 2 is 2.11 bits per heavy atom. The Morgan fingerprint density at radius 3 is 2.74 bits per heavy atom. The predicted octanol–water partition coefficient (Wildman–Crippen LogP) is 1.77. The molecule has 0 saturated carbocycles. The van der Waals surface area contributed by atoms with E-state index in [1.54, 1.807) is 32.3 Å². The smallest absolute Gasteiger partial charge is 0.295 e. The summed E-state index contributed by atoms with van der Waals surface area (Å²) in [6.07, 6.45) is 1.71. The maximum atomic E-state index is 11.7. The van der Waals surface area contributed by atoms with E-state index in [9.17, 15) is 14.9 Å². The van der Waals surface area contributed by atoms with Crippen LogP contribution in [-0.4, -0.2) is 34.8 Å². The lowest BCUT2D eigenvalue weighted by atomic mass is 10.0. The molecule has 0 saturated heterocycles. The van der Waals surface area contributed by atoms with E-state index in [1.807, 2.05) is 0 Å². The Hall–Kier alpha value is -2.50. The van der Waals surface area contributed by atoms with Gasteiger partial charge in [0.25, 0.3) is 5.69 Å². The highest BCUT2D eigenvalue weighted by Crippen LogP contribution is 2.26. The Bertz CT molecular complexity index is 653. The topological polar surface area (TPSA) is 76.3 Å². The van der Waals surface area contributed by atoms with E-state index < -0.39 is 4.92 Å². The SMILES string of the molecule is CN(C)C(=O)Cc1ccc([N+](=O)[O-])c2ncccc12. The van der Waals surface area contributed by atoms with Crippen LogP contribution in [0.5, 0.6) is 0 Å². The molecule has 0 N–H and O–H groups in total. The average molecular weight is 259 g/mol. The molecule has 2 rings (SSSR count). The van der Waals surface area contributed by atoms with E-state index >= 15 is 0 Å². The summed E-state index contributed by atoms with van der Waals surface area (Å²) in [5.41, 5.74) is 1.01. The van der Waals surface area contributed by atoms with E-state index in [-0.39, 0.29) is 18.0 Å². The highest BCUT2D eigenvalue weighted by molar-refractivity contribution is 5.92. The molecule has 6 heteroatoms. The molecule has 1 amide bonds. The second kappa shape index (κ2) is 5.01. The first-order valence-electron chi connectivity index (χ1n) is 5.72. The van der Waals surface area contributed by atoms with Crippen molar-refractivity contribution >= 4 is 22.5 Å². The number of likely N-dealkylation sites (N-methyl/N-ethyl adjacent to an activating group) is 1. The number of nitrogens with zero attached hydrogens (tertiary/aromatic N) is 3. The minimum Gasteiger partial charge on any atom is -0.349 e. The molecule has 0 bridgehead atoms. The number of carbonyl (C=O) groups excluding carboxylic acids is 1. The number of rotatable bonds is 3. The standard InChI is InChI=1S/C13H13N3O3/c1-15(2)12(17)8-9-5-6-11(16(18)19)13-10(9)4-3-7-14-13/h3-7H,8H2,1-2H3. The van der Waals surface area contributed by atoms with Gasteiger partial charge in [-0.1, -0.05) is 12.1 Å². The van der Waals surface area contributed by atoms with E-state index in [0.717, 1.165) is 5.56 Å². The van der Waals surface area contributed by atoms with Crippen LogP contribution in [0.15, 0.2) is 30.5 Å². The van der Waals surface area contributed by atoms with Crippen molar-refractivity contribution in [2.45, 2.75) is 6.42 Å². The summed E-state index contributed by atoms with van der Waals surface area (Å²) in [7, 11) is 3.35. The third kappa shape index (κ3) is 2.52. The van der Waals surface area contributed by atoms with Crippen molar-refractivity contribution in [3.8, 4) is 0 Å². The molecule has 6 nitrogen and oxygen atoms in total. The highest BCUT2D eigenvalue weighted by Gasteiger charge is 2.17. The van der Waals surface area contributed by atoms with Crippen molar-refractivity contribution < 1.29 is 9.72 Å². The first kappa shape index (κ1) is 12.9. The molecule has 0 atom stereocenters. The van der Waals surface area contributed by atoms with Crippen molar-refractivity contribution in [2.75, 3.05) is 14.1 Å². The van der Waals surface area contributed by atoms with Gasteiger partial charge in [-0.15, -0.1) is 0 Å². The van der Waals surface area contributed by atoms with Crippen LogP contribution in [0.2, 0.25) is 0 Å². The van der Waals surface area contributed by atoms with E-state index in [0.29, 0.717) is 10.9 Å². The molecule has 2 aromatic rings. The summed E-state index contributed by atoms with van der Waals surface area (Å²) in [4.78, 5) is 27.8. The number of non-ortho nitro benzene ring substituents is 1. The van der Waals surface area contributed by atoms with Crippen LogP contribution in [-0.2, 0) is 11.2 Å². The maximum absolute atomic E-state index is 11.7. The number of pyridine rings is 1. The zero-order valence-electron chi connectivity index (χ0n) is 10.7. The van der Waals surface area contributed by atoms with Gasteiger partial charge >= 0.3 is 0 Å². The Morgan fingerprint density at radius 1 is 1.37 bits per heavy atom. The van der Waals surface area contributed by atoms with Gasteiger partial charge in [-0.3, -0.25) is 14.9 Å². The average Bonchev–Trinajstić information content (AvgIpc) is 2.38. The first-order chi connectivity index (χ1) is 9.00. The van der Waals surface area contributed by atoms with Crippen molar-refractivity contribution in [3.05, 3.63) is 46.1 Å². The second-order valence-electron chi connectivity index (χ2n) is 4.37. The quantitative estimate of drug-likeness (QED) is 0.621. The third-order valence-corrected chi connectivity index (χ3v) is 2.88. The summed E-state index contributed by atoms with van der Waals surface area (Å²) in [5, 5.41) is 11.6. The van der Waals surface area contributed by atoms with E-state index in [2.05, 4.69) is 4.98 Å². The molecular weight excluding hydrogens is 246 g/mol. The minimum absolute atomic E-state index is 0.0448. The Balaban J connectivity index is 2.56. The Labute approximate surface area is 109 Å². The molecule has 0 aliphatic heterocycles.